The lowest BCUT2D eigenvalue weighted by Crippen LogP contribution is -2.22. The number of nitrogens with zero attached hydrogens (tertiary/aromatic N) is 3. The van der Waals surface area contributed by atoms with Gasteiger partial charge >= 0.3 is 0 Å². The fraction of sp³-hybridized carbons (Fsp3) is 0.188. The molecule has 4 heterocycles. The third kappa shape index (κ3) is 2.13. The molecule has 4 bridgehead atoms. The lowest BCUT2D eigenvalue weighted by atomic mass is 9.78. The summed E-state index contributed by atoms with van der Waals surface area (Å²) < 4.78 is 0. The molecule has 92 valence electrons. The fourth-order valence-electron chi connectivity index (χ4n) is 2.31. The molecule has 0 spiro atoms. The Morgan fingerprint density at radius 3 is 2.00 bits per heavy atom. The zero-order valence-electron chi connectivity index (χ0n) is 10.7. The summed E-state index contributed by atoms with van der Waals surface area (Å²) in [4.78, 5) is 0. The van der Waals surface area contributed by atoms with Crippen LogP contribution >= 0.6 is 0 Å². The van der Waals surface area contributed by atoms with Gasteiger partial charge in [-0.25, -0.2) is 0 Å². The second-order valence-electron chi connectivity index (χ2n) is 5.03. The minimum Gasteiger partial charge on any atom is -0.197 e. The molecule has 19 heavy (non-hydrogen) atoms. The van der Waals surface area contributed by atoms with E-state index >= 15 is 0 Å². The van der Waals surface area contributed by atoms with Gasteiger partial charge < -0.3 is 0 Å². The molecule has 0 saturated carbocycles. The molecule has 3 nitrogen and oxygen atoms in total. The maximum atomic E-state index is 9.55. The van der Waals surface area contributed by atoms with Gasteiger partial charge in [-0.3, -0.25) is 0 Å². The molecule has 0 N–H and O–H groups in total. The molecule has 6 rings (SSSR count). The average Bonchev–Trinajstić information content (AvgIpc) is 2.45. The second-order valence-corrected chi connectivity index (χ2v) is 5.03. The van der Waals surface area contributed by atoms with Gasteiger partial charge in [-0.15, -0.1) is 0 Å². The number of hydrogen-bond acceptors (Lipinski definition) is 3. The smallest absolute Gasteiger partial charge is 0.0857 e. The summed E-state index contributed by atoms with van der Waals surface area (Å²) in [6.07, 6.45) is 0.695. The van der Waals surface area contributed by atoms with Gasteiger partial charge in [-0.2, -0.15) is 15.5 Å². The van der Waals surface area contributed by atoms with Crippen LogP contribution in [0.5, 0.6) is 0 Å². The van der Waals surface area contributed by atoms with Gasteiger partial charge in [0.15, 0.2) is 0 Å². The Balaban J connectivity index is 2.21. The van der Waals surface area contributed by atoms with Gasteiger partial charge in [0.2, 0.25) is 0 Å². The summed E-state index contributed by atoms with van der Waals surface area (Å²) in [5.41, 5.74) is 3.25. The quantitative estimate of drug-likeness (QED) is 0.678. The first-order valence-electron chi connectivity index (χ1n) is 6.22. The van der Waals surface area contributed by atoms with Gasteiger partial charge in [0.05, 0.1) is 22.9 Å². The van der Waals surface area contributed by atoms with Crippen LogP contribution in [0.1, 0.15) is 18.1 Å². The monoisotopic (exact) mass is 247 g/mol. The van der Waals surface area contributed by atoms with Crippen LogP contribution in [0.3, 0.4) is 0 Å². The average molecular weight is 247 g/mol. The topological polar surface area (TPSA) is 48.5 Å². The van der Waals surface area contributed by atoms with Gasteiger partial charge in [0.25, 0.3) is 0 Å². The van der Waals surface area contributed by atoms with Gasteiger partial charge in [0, 0.05) is 0 Å². The van der Waals surface area contributed by atoms with E-state index in [2.05, 4.69) is 16.3 Å². The zero-order chi connectivity index (χ0) is 13.3. The maximum Gasteiger partial charge on any atom is 0.0857 e. The van der Waals surface area contributed by atoms with Crippen molar-refractivity contribution < 1.29 is 0 Å². The number of azo groups is 1. The number of hydrogen-bond donors (Lipinski definition) is 0. The molecule has 0 saturated heterocycles. The Hall–Kier alpha value is -2.47. The van der Waals surface area contributed by atoms with Crippen molar-refractivity contribution in [1.82, 2.24) is 0 Å². The molecule has 0 amide bonds. The fourth-order valence-corrected chi connectivity index (χ4v) is 2.31. The van der Waals surface area contributed by atoms with E-state index < -0.39 is 5.41 Å². The first-order valence-corrected chi connectivity index (χ1v) is 6.22. The Morgan fingerprint density at radius 2 is 1.47 bits per heavy atom. The standard InChI is InChI=1S/C16H13N3/c1-16(11-17)10-12-2-6-14(7-3-12)18-19-15-8-4-13(16)5-9-15/h2-9H,10H2,1H3. The Morgan fingerprint density at radius 1 is 0.947 bits per heavy atom. The molecular weight excluding hydrogens is 234 g/mol. The van der Waals surface area contributed by atoms with Gasteiger partial charge in [-0.05, 0) is 48.7 Å². The molecule has 2 aromatic rings. The molecule has 3 heteroatoms. The molecule has 1 atom stereocenters. The Kier molecular flexibility index (Phi) is 2.64. The third-order valence-corrected chi connectivity index (χ3v) is 3.53. The predicted octanol–water partition coefficient (Wildman–Crippen LogP) is 4.44. The van der Waals surface area contributed by atoms with Crippen molar-refractivity contribution in [1.29, 1.82) is 5.26 Å². The summed E-state index contributed by atoms with van der Waals surface area (Å²) in [5, 5.41) is 17.9. The first kappa shape index (κ1) is 11.6. The van der Waals surface area contributed by atoms with Crippen LogP contribution in [0.4, 0.5) is 11.4 Å². The van der Waals surface area contributed by atoms with E-state index in [4.69, 9.17) is 0 Å². The van der Waals surface area contributed by atoms with E-state index in [-0.39, 0.29) is 0 Å². The summed E-state index contributed by atoms with van der Waals surface area (Å²) in [6, 6.07) is 18.1. The molecule has 0 aromatic heterocycles. The highest BCUT2D eigenvalue weighted by Crippen LogP contribution is 2.31. The van der Waals surface area contributed by atoms with E-state index in [1.165, 1.54) is 0 Å². The van der Waals surface area contributed by atoms with Crippen LogP contribution < -0.4 is 0 Å². The summed E-state index contributed by atoms with van der Waals surface area (Å²) in [5.74, 6) is 0. The van der Waals surface area contributed by atoms with Gasteiger partial charge in [-0.1, -0.05) is 24.3 Å². The first-order chi connectivity index (χ1) is 9.19. The predicted molar refractivity (Wildman–Crippen MR) is 73.7 cm³/mol. The van der Waals surface area contributed by atoms with Crippen molar-refractivity contribution in [3.63, 3.8) is 0 Å². The molecule has 0 aliphatic carbocycles. The third-order valence-electron chi connectivity index (χ3n) is 3.53. The van der Waals surface area contributed by atoms with Crippen molar-refractivity contribution in [2.24, 2.45) is 10.2 Å². The lowest BCUT2D eigenvalue weighted by molar-refractivity contribution is 0.606. The van der Waals surface area contributed by atoms with E-state index in [0.29, 0.717) is 6.42 Å². The van der Waals surface area contributed by atoms with Crippen LogP contribution in [-0.4, -0.2) is 0 Å². The summed E-state index contributed by atoms with van der Waals surface area (Å²) in [6.45, 7) is 1.98. The molecule has 0 radical (unpaired) electrons. The SMILES string of the molecule is CC1(C#N)Cc2ccc(cc2)N=Nc2ccc1cc2. The second kappa shape index (κ2) is 4.33. The van der Waals surface area contributed by atoms with Crippen LogP contribution in [0, 0.1) is 11.3 Å². The highest BCUT2D eigenvalue weighted by molar-refractivity contribution is 5.46. The van der Waals surface area contributed by atoms with Crippen LogP contribution in [0.2, 0.25) is 0 Å². The van der Waals surface area contributed by atoms with E-state index in [1.807, 2.05) is 55.5 Å². The molecule has 0 fully saturated rings. The van der Waals surface area contributed by atoms with Gasteiger partial charge in [0.1, 0.15) is 0 Å². The van der Waals surface area contributed by atoms with Crippen molar-refractivity contribution in [2.45, 2.75) is 18.8 Å². The molecule has 1 unspecified atom stereocenters. The van der Waals surface area contributed by atoms with E-state index in [1.54, 1.807) is 0 Å². The summed E-state index contributed by atoms with van der Waals surface area (Å²) in [7, 11) is 0. The minimum absolute atomic E-state index is 0.517. The number of nitriles is 1. The highest BCUT2D eigenvalue weighted by Gasteiger charge is 2.27. The van der Waals surface area contributed by atoms with E-state index in [9.17, 15) is 5.26 Å². The zero-order valence-corrected chi connectivity index (χ0v) is 10.7. The largest absolute Gasteiger partial charge is 0.197 e. The van der Waals surface area contributed by atoms with E-state index in [0.717, 1.165) is 22.5 Å². The molecule has 2 aromatic carbocycles. The van der Waals surface area contributed by atoms with Crippen molar-refractivity contribution in [3.8, 4) is 6.07 Å². The lowest BCUT2D eigenvalue weighted by Gasteiger charge is -2.22. The summed E-state index contributed by atoms with van der Waals surface area (Å²) >= 11 is 0. The van der Waals surface area contributed by atoms with Crippen LogP contribution in [-0.2, 0) is 11.8 Å². The minimum atomic E-state index is -0.517. The number of rotatable bonds is 0. The normalized spacial score (nSPS) is 20.6. The molecule has 4 aliphatic heterocycles. The van der Waals surface area contributed by atoms with Crippen molar-refractivity contribution in [3.05, 3.63) is 59.7 Å². The Labute approximate surface area is 112 Å². The number of benzene rings is 2. The maximum absolute atomic E-state index is 9.55. The molecule has 4 aliphatic rings. The highest BCUT2D eigenvalue weighted by atomic mass is 15.1. The van der Waals surface area contributed by atoms with Crippen molar-refractivity contribution in [2.75, 3.05) is 0 Å². The van der Waals surface area contributed by atoms with Crippen molar-refractivity contribution >= 4 is 11.4 Å². The van der Waals surface area contributed by atoms with Crippen LogP contribution in [0.15, 0.2) is 58.8 Å². The van der Waals surface area contributed by atoms with Crippen LogP contribution in [0.25, 0.3) is 0 Å². The molecular formula is C16H13N3. The Bertz CT molecular complexity index is 663.